The minimum Gasteiger partial charge on any atom is -0.494 e. The van der Waals surface area contributed by atoms with E-state index in [1.807, 2.05) is 24.3 Å². The zero-order valence-electron chi connectivity index (χ0n) is 9.98. The van der Waals surface area contributed by atoms with Gasteiger partial charge in [-0.1, -0.05) is 22.0 Å². The molecule has 0 aliphatic heterocycles. The normalized spacial score (nSPS) is 10.1. The van der Waals surface area contributed by atoms with Crippen molar-refractivity contribution in [3.63, 3.8) is 0 Å². The third-order valence-corrected chi connectivity index (χ3v) is 2.72. The van der Waals surface area contributed by atoms with Crippen LogP contribution in [0.25, 0.3) is 0 Å². The predicted octanol–water partition coefficient (Wildman–Crippen LogP) is 2.63. The van der Waals surface area contributed by atoms with E-state index in [0.717, 1.165) is 10.2 Å². The topological polar surface area (TPSA) is 38.8 Å². The number of carbonyl (C=O) groups is 1. The maximum Gasteiger partial charge on any atom is 0.245 e. The first kappa shape index (κ1) is 14.0. The number of amides is 1. The second-order valence-corrected chi connectivity index (χ2v) is 4.40. The van der Waals surface area contributed by atoms with Crippen molar-refractivity contribution >= 4 is 21.8 Å². The smallest absolute Gasteiger partial charge is 0.245 e. The Morgan fingerprint density at radius 2 is 2.24 bits per heavy atom. The van der Waals surface area contributed by atoms with Crippen molar-refractivity contribution in [2.24, 2.45) is 0 Å². The summed E-state index contributed by atoms with van der Waals surface area (Å²) in [6.45, 7) is 0.514. The van der Waals surface area contributed by atoms with E-state index in [4.69, 9.17) is 9.57 Å². The second-order valence-electron chi connectivity index (χ2n) is 3.48. The van der Waals surface area contributed by atoms with Crippen LogP contribution >= 0.6 is 15.9 Å². The monoisotopic (exact) mass is 301 g/mol. The van der Waals surface area contributed by atoms with Crippen LogP contribution in [-0.2, 0) is 9.63 Å². The average Bonchev–Trinajstić information content (AvgIpc) is 2.33. The van der Waals surface area contributed by atoms with Gasteiger partial charge in [-0.05, 0) is 24.6 Å². The summed E-state index contributed by atoms with van der Waals surface area (Å²) in [5.41, 5.74) is 0. The van der Waals surface area contributed by atoms with Crippen molar-refractivity contribution in [1.82, 2.24) is 5.06 Å². The van der Waals surface area contributed by atoms with E-state index in [2.05, 4.69) is 15.9 Å². The Labute approximate surface area is 110 Å². The Hall–Kier alpha value is -1.07. The molecule has 0 aliphatic carbocycles. The number of hydrogen-bond acceptors (Lipinski definition) is 3. The number of rotatable bonds is 6. The summed E-state index contributed by atoms with van der Waals surface area (Å²) in [5, 5.41) is 1.22. The lowest BCUT2D eigenvalue weighted by atomic mass is 10.3. The van der Waals surface area contributed by atoms with Gasteiger partial charge in [0.15, 0.2) is 0 Å². The van der Waals surface area contributed by atoms with Gasteiger partial charge in [-0.3, -0.25) is 9.63 Å². The van der Waals surface area contributed by atoms with E-state index < -0.39 is 0 Å². The van der Waals surface area contributed by atoms with Crippen LogP contribution in [0.3, 0.4) is 0 Å². The summed E-state index contributed by atoms with van der Waals surface area (Å²) in [7, 11) is 3.06. The van der Waals surface area contributed by atoms with Crippen LogP contribution in [-0.4, -0.2) is 31.7 Å². The minimum absolute atomic E-state index is 0.0506. The molecule has 0 aromatic heterocycles. The Morgan fingerprint density at radius 3 is 2.88 bits per heavy atom. The van der Waals surface area contributed by atoms with E-state index in [9.17, 15) is 4.79 Å². The molecule has 94 valence electrons. The van der Waals surface area contributed by atoms with Gasteiger partial charge in [-0.15, -0.1) is 0 Å². The Kier molecular flexibility index (Phi) is 6.00. The molecule has 0 atom stereocenters. The van der Waals surface area contributed by atoms with E-state index in [1.54, 1.807) is 7.05 Å². The lowest BCUT2D eigenvalue weighted by Gasteiger charge is -2.13. The first-order chi connectivity index (χ1) is 8.13. The molecule has 0 heterocycles. The fraction of sp³-hybridized carbons (Fsp3) is 0.417. The van der Waals surface area contributed by atoms with Crippen molar-refractivity contribution in [1.29, 1.82) is 0 Å². The molecule has 0 radical (unpaired) electrons. The SMILES string of the molecule is CON(C)C(=O)CCCOc1cccc(Br)c1. The molecule has 1 rings (SSSR count). The summed E-state index contributed by atoms with van der Waals surface area (Å²) >= 11 is 3.37. The van der Waals surface area contributed by atoms with Crippen LogP contribution in [0.5, 0.6) is 5.75 Å². The molecule has 0 bridgehead atoms. The van der Waals surface area contributed by atoms with Crippen LogP contribution in [0, 0.1) is 0 Å². The molecule has 1 aromatic carbocycles. The van der Waals surface area contributed by atoms with Crippen molar-refractivity contribution in [2.75, 3.05) is 20.8 Å². The van der Waals surface area contributed by atoms with Crippen molar-refractivity contribution in [3.8, 4) is 5.75 Å². The highest BCUT2D eigenvalue weighted by Crippen LogP contribution is 2.17. The highest BCUT2D eigenvalue weighted by molar-refractivity contribution is 9.10. The summed E-state index contributed by atoms with van der Waals surface area (Å²) < 4.78 is 6.49. The van der Waals surface area contributed by atoms with Gasteiger partial charge in [0.25, 0.3) is 0 Å². The number of hydroxylamine groups is 2. The third kappa shape index (κ3) is 5.19. The first-order valence-electron chi connectivity index (χ1n) is 5.32. The van der Waals surface area contributed by atoms with Gasteiger partial charge in [-0.2, -0.15) is 0 Å². The zero-order valence-corrected chi connectivity index (χ0v) is 11.6. The van der Waals surface area contributed by atoms with Gasteiger partial charge < -0.3 is 4.74 Å². The van der Waals surface area contributed by atoms with Crippen molar-refractivity contribution in [3.05, 3.63) is 28.7 Å². The van der Waals surface area contributed by atoms with E-state index >= 15 is 0 Å². The zero-order chi connectivity index (χ0) is 12.7. The number of nitrogens with zero attached hydrogens (tertiary/aromatic N) is 1. The van der Waals surface area contributed by atoms with Crippen LogP contribution < -0.4 is 4.74 Å². The number of carbonyl (C=O) groups excluding carboxylic acids is 1. The summed E-state index contributed by atoms with van der Waals surface area (Å²) in [5.74, 6) is 0.747. The molecule has 1 aromatic rings. The highest BCUT2D eigenvalue weighted by Gasteiger charge is 2.06. The number of hydrogen-bond donors (Lipinski definition) is 0. The van der Waals surface area contributed by atoms with Gasteiger partial charge in [0.2, 0.25) is 5.91 Å². The van der Waals surface area contributed by atoms with Crippen molar-refractivity contribution < 1.29 is 14.4 Å². The van der Waals surface area contributed by atoms with Gasteiger partial charge in [-0.25, -0.2) is 5.06 Å². The Morgan fingerprint density at radius 1 is 1.47 bits per heavy atom. The maximum atomic E-state index is 11.4. The molecule has 4 nitrogen and oxygen atoms in total. The third-order valence-electron chi connectivity index (χ3n) is 2.22. The molecule has 0 saturated heterocycles. The molecule has 0 spiro atoms. The number of halogens is 1. The van der Waals surface area contributed by atoms with Gasteiger partial charge in [0, 0.05) is 17.9 Å². The fourth-order valence-electron chi connectivity index (χ4n) is 1.23. The minimum atomic E-state index is -0.0506. The largest absolute Gasteiger partial charge is 0.494 e. The predicted molar refractivity (Wildman–Crippen MR) is 68.7 cm³/mol. The fourth-order valence-corrected chi connectivity index (χ4v) is 1.61. The highest BCUT2D eigenvalue weighted by atomic mass is 79.9. The summed E-state index contributed by atoms with van der Waals surface area (Å²) in [6.07, 6.45) is 1.08. The molecule has 5 heteroatoms. The van der Waals surface area contributed by atoms with Gasteiger partial charge in [0.05, 0.1) is 13.7 Å². The molecule has 1 amide bonds. The van der Waals surface area contributed by atoms with Crippen LogP contribution in [0.1, 0.15) is 12.8 Å². The first-order valence-corrected chi connectivity index (χ1v) is 6.12. The number of benzene rings is 1. The van der Waals surface area contributed by atoms with Crippen LogP contribution in [0.15, 0.2) is 28.7 Å². The van der Waals surface area contributed by atoms with Crippen LogP contribution in [0.2, 0.25) is 0 Å². The standard InChI is InChI=1S/C12H16BrNO3/c1-14(16-2)12(15)7-4-8-17-11-6-3-5-10(13)9-11/h3,5-6,9H,4,7-8H2,1-2H3. The molecule has 0 fully saturated rings. The van der Waals surface area contributed by atoms with Crippen LogP contribution in [0.4, 0.5) is 0 Å². The van der Waals surface area contributed by atoms with Gasteiger partial charge >= 0.3 is 0 Å². The second kappa shape index (κ2) is 7.29. The average molecular weight is 302 g/mol. The van der Waals surface area contributed by atoms with E-state index in [-0.39, 0.29) is 5.91 Å². The van der Waals surface area contributed by atoms with Gasteiger partial charge in [0.1, 0.15) is 5.75 Å². The molecule has 0 unspecified atom stereocenters. The molecular formula is C12H16BrNO3. The molecular weight excluding hydrogens is 286 g/mol. The quantitative estimate of drug-likeness (QED) is 0.599. The lowest BCUT2D eigenvalue weighted by Crippen LogP contribution is -2.25. The summed E-state index contributed by atoms with van der Waals surface area (Å²) in [6, 6.07) is 7.62. The molecule has 0 aliphatic rings. The van der Waals surface area contributed by atoms with E-state index in [0.29, 0.717) is 19.4 Å². The molecule has 0 N–H and O–H groups in total. The molecule has 0 saturated carbocycles. The summed E-state index contributed by atoms with van der Waals surface area (Å²) in [4.78, 5) is 16.2. The van der Waals surface area contributed by atoms with E-state index in [1.165, 1.54) is 12.2 Å². The Balaban J connectivity index is 2.22. The maximum absolute atomic E-state index is 11.4. The van der Waals surface area contributed by atoms with Crippen molar-refractivity contribution in [2.45, 2.75) is 12.8 Å². The Bertz CT molecular complexity index is 371. The molecule has 17 heavy (non-hydrogen) atoms. The number of ether oxygens (including phenoxy) is 1. The lowest BCUT2D eigenvalue weighted by molar-refractivity contribution is -0.168.